The molecule has 0 aromatic heterocycles. The minimum atomic E-state index is -3.48. The lowest BCUT2D eigenvalue weighted by molar-refractivity contribution is -0.116. The van der Waals surface area contributed by atoms with Crippen molar-refractivity contribution in [2.24, 2.45) is 0 Å². The minimum absolute atomic E-state index is 0.185. The lowest BCUT2D eigenvalue weighted by atomic mass is 10.2. The van der Waals surface area contributed by atoms with Gasteiger partial charge in [0.05, 0.1) is 19.1 Å². The molecule has 1 N–H and O–H groups in total. The second-order valence-electron chi connectivity index (χ2n) is 7.12. The van der Waals surface area contributed by atoms with E-state index in [1.165, 1.54) is 4.31 Å². The van der Waals surface area contributed by atoms with Crippen molar-refractivity contribution >= 4 is 27.3 Å². The SMILES string of the molecule is COc1ccc(N(CCCC(=O)Nc2ccc(Oc3ccccc3)cc2)S(C)(=O)=O)cc1. The van der Waals surface area contributed by atoms with E-state index in [-0.39, 0.29) is 18.9 Å². The van der Waals surface area contributed by atoms with Crippen LogP contribution in [-0.4, -0.2) is 34.2 Å². The number of hydrogen-bond acceptors (Lipinski definition) is 5. The zero-order valence-corrected chi connectivity index (χ0v) is 18.8. The molecule has 8 heteroatoms. The molecule has 3 aromatic carbocycles. The Kier molecular flexibility index (Phi) is 7.72. The summed E-state index contributed by atoms with van der Waals surface area (Å²) < 4.78 is 36.5. The third-order valence-electron chi connectivity index (χ3n) is 4.64. The molecular formula is C24H26N2O5S. The molecule has 0 saturated heterocycles. The zero-order valence-electron chi connectivity index (χ0n) is 18.0. The number of rotatable bonds is 10. The van der Waals surface area contributed by atoms with Crippen molar-refractivity contribution in [1.29, 1.82) is 0 Å². The molecule has 0 heterocycles. The van der Waals surface area contributed by atoms with Crippen LogP contribution in [0, 0.1) is 0 Å². The molecule has 0 unspecified atom stereocenters. The number of benzene rings is 3. The second kappa shape index (κ2) is 10.7. The van der Waals surface area contributed by atoms with Gasteiger partial charge in [-0.15, -0.1) is 0 Å². The molecule has 3 aromatic rings. The fourth-order valence-electron chi connectivity index (χ4n) is 3.07. The Bertz CT molecular complexity index is 1120. The standard InChI is InChI=1S/C24H26N2O5S/c1-30-21-16-12-20(13-17-21)26(32(2,28)29)18-6-9-24(27)25-19-10-14-23(15-11-19)31-22-7-4-3-5-8-22/h3-5,7-8,10-17H,6,9,18H2,1-2H3,(H,25,27). The average molecular weight is 455 g/mol. The fraction of sp³-hybridized carbons (Fsp3) is 0.208. The van der Waals surface area contributed by atoms with Gasteiger partial charge in [-0.3, -0.25) is 9.10 Å². The van der Waals surface area contributed by atoms with Crippen molar-refractivity contribution < 1.29 is 22.7 Å². The predicted molar refractivity (Wildman–Crippen MR) is 126 cm³/mol. The summed E-state index contributed by atoms with van der Waals surface area (Å²) in [5, 5.41) is 2.82. The summed E-state index contributed by atoms with van der Waals surface area (Å²) in [7, 11) is -1.93. The molecule has 3 rings (SSSR count). The fourth-order valence-corrected chi connectivity index (χ4v) is 4.04. The first-order chi connectivity index (χ1) is 15.3. The van der Waals surface area contributed by atoms with Crippen molar-refractivity contribution in [3.8, 4) is 17.2 Å². The number of anilines is 2. The Morgan fingerprint density at radius 1 is 0.875 bits per heavy atom. The first-order valence-electron chi connectivity index (χ1n) is 10.1. The quantitative estimate of drug-likeness (QED) is 0.481. The summed E-state index contributed by atoms with van der Waals surface area (Å²) in [4.78, 5) is 12.3. The topological polar surface area (TPSA) is 84.9 Å². The molecule has 32 heavy (non-hydrogen) atoms. The van der Waals surface area contributed by atoms with Gasteiger partial charge >= 0.3 is 0 Å². The van der Waals surface area contributed by atoms with Crippen molar-refractivity contribution in [1.82, 2.24) is 0 Å². The van der Waals surface area contributed by atoms with Gasteiger partial charge in [-0.2, -0.15) is 0 Å². The number of carbonyl (C=O) groups excluding carboxylic acids is 1. The van der Waals surface area contributed by atoms with Gasteiger partial charge in [-0.05, 0) is 67.1 Å². The molecule has 0 aliphatic carbocycles. The molecule has 1 amide bonds. The Labute approximate surface area is 188 Å². The van der Waals surface area contributed by atoms with E-state index in [4.69, 9.17) is 9.47 Å². The minimum Gasteiger partial charge on any atom is -0.497 e. The Morgan fingerprint density at radius 2 is 1.47 bits per heavy atom. The maximum Gasteiger partial charge on any atom is 0.232 e. The zero-order chi connectivity index (χ0) is 23.0. The maximum atomic E-state index is 12.3. The van der Waals surface area contributed by atoms with E-state index < -0.39 is 10.0 Å². The second-order valence-corrected chi connectivity index (χ2v) is 9.03. The molecule has 0 aliphatic rings. The molecule has 0 saturated carbocycles. The smallest absolute Gasteiger partial charge is 0.232 e. The summed E-state index contributed by atoms with van der Waals surface area (Å²) in [6, 6.07) is 23.3. The van der Waals surface area contributed by atoms with E-state index in [2.05, 4.69) is 5.32 Å². The highest BCUT2D eigenvalue weighted by Gasteiger charge is 2.17. The molecular weight excluding hydrogens is 428 g/mol. The molecule has 168 valence electrons. The maximum absolute atomic E-state index is 12.3. The van der Waals surface area contributed by atoms with Crippen molar-refractivity contribution in [2.75, 3.05) is 29.5 Å². The first kappa shape index (κ1) is 23.1. The monoisotopic (exact) mass is 454 g/mol. The summed E-state index contributed by atoms with van der Waals surface area (Å²) in [5.74, 6) is 1.85. The van der Waals surface area contributed by atoms with Gasteiger partial charge in [0.25, 0.3) is 0 Å². The average Bonchev–Trinajstić information content (AvgIpc) is 2.78. The van der Waals surface area contributed by atoms with Crippen molar-refractivity contribution in [3.05, 3.63) is 78.9 Å². The number of ether oxygens (including phenoxy) is 2. The van der Waals surface area contributed by atoms with Crippen LogP contribution in [0.1, 0.15) is 12.8 Å². The summed E-state index contributed by atoms with van der Waals surface area (Å²) in [6.45, 7) is 0.197. The number of nitrogens with one attached hydrogen (secondary N) is 1. The van der Waals surface area contributed by atoms with Gasteiger partial charge in [-0.25, -0.2) is 8.42 Å². The van der Waals surface area contributed by atoms with Gasteiger partial charge in [-0.1, -0.05) is 18.2 Å². The van der Waals surface area contributed by atoms with Crippen LogP contribution in [0.25, 0.3) is 0 Å². The largest absolute Gasteiger partial charge is 0.497 e. The lowest BCUT2D eigenvalue weighted by Crippen LogP contribution is -2.31. The van der Waals surface area contributed by atoms with Crippen LogP contribution in [0.2, 0.25) is 0 Å². The van der Waals surface area contributed by atoms with Gasteiger partial charge in [0, 0.05) is 18.7 Å². The van der Waals surface area contributed by atoms with E-state index in [0.717, 1.165) is 12.0 Å². The predicted octanol–water partition coefficient (Wildman–Crippen LogP) is 4.67. The van der Waals surface area contributed by atoms with E-state index in [0.29, 0.717) is 29.3 Å². The van der Waals surface area contributed by atoms with Crippen LogP contribution in [0.3, 0.4) is 0 Å². The van der Waals surface area contributed by atoms with Crippen molar-refractivity contribution in [2.45, 2.75) is 12.8 Å². The van der Waals surface area contributed by atoms with Crippen LogP contribution in [0.4, 0.5) is 11.4 Å². The Balaban J connectivity index is 1.51. The Morgan fingerprint density at radius 3 is 2.06 bits per heavy atom. The molecule has 0 bridgehead atoms. The number of nitrogens with zero attached hydrogens (tertiary/aromatic N) is 1. The van der Waals surface area contributed by atoms with Crippen LogP contribution in [0.5, 0.6) is 17.2 Å². The van der Waals surface area contributed by atoms with Crippen molar-refractivity contribution in [3.63, 3.8) is 0 Å². The molecule has 0 radical (unpaired) electrons. The molecule has 0 aliphatic heterocycles. The highest BCUT2D eigenvalue weighted by molar-refractivity contribution is 7.92. The van der Waals surface area contributed by atoms with E-state index in [1.807, 2.05) is 30.3 Å². The third-order valence-corrected chi connectivity index (χ3v) is 5.84. The lowest BCUT2D eigenvalue weighted by Gasteiger charge is -2.22. The summed E-state index contributed by atoms with van der Waals surface area (Å²) in [5.41, 5.74) is 1.17. The van der Waals surface area contributed by atoms with Gasteiger partial charge < -0.3 is 14.8 Å². The van der Waals surface area contributed by atoms with E-state index in [1.54, 1.807) is 55.6 Å². The van der Waals surface area contributed by atoms with E-state index >= 15 is 0 Å². The Hall–Kier alpha value is -3.52. The number of para-hydroxylation sites is 1. The van der Waals surface area contributed by atoms with Crippen LogP contribution < -0.4 is 19.1 Å². The summed E-state index contributed by atoms with van der Waals surface area (Å²) >= 11 is 0. The normalized spacial score (nSPS) is 10.9. The number of amides is 1. The molecule has 7 nitrogen and oxygen atoms in total. The number of methoxy groups -OCH3 is 1. The first-order valence-corrected chi connectivity index (χ1v) is 11.9. The molecule has 0 fully saturated rings. The highest BCUT2D eigenvalue weighted by Crippen LogP contribution is 2.24. The highest BCUT2D eigenvalue weighted by atomic mass is 32.2. The van der Waals surface area contributed by atoms with Crippen LogP contribution in [-0.2, 0) is 14.8 Å². The molecule has 0 spiro atoms. The van der Waals surface area contributed by atoms with Crippen LogP contribution >= 0.6 is 0 Å². The summed E-state index contributed by atoms with van der Waals surface area (Å²) in [6.07, 6.45) is 1.71. The van der Waals surface area contributed by atoms with Gasteiger partial charge in [0.1, 0.15) is 17.2 Å². The van der Waals surface area contributed by atoms with Gasteiger partial charge in [0.2, 0.25) is 15.9 Å². The van der Waals surface area contributed by atoms with E-state index in [9.17, 15) is 13.2 Å². The molecule has 0 atom stereocenters. The van der Waals surface area contributed by atoms with Gasteiger partial charge in [0.15, 0.2) is 0 Å². The van der Waals surface area contributed by atoms with Crippen LogP contribution in [0.15, 0.2) is 78.9 Å². The third kappa shape index (κ3) is 6.75. The number of sulfonamides is 1. The number of carbonyl (C=O) groups is 1. The number of hydrogen-bond donors (Lipinski definition) is 1.